The van der Waals surface area contributed by atoms with Crippen molar-refractivity contribution in [3.05, 3.63) is 22.4 Å². The Morgan fingerprint density at radius 3 is 2.94 bits per heavy atom. The molecule has 0 aromatic carbocycles. The van der Waals surface area contributed by atoms with Crippen LogP contribution in [0.25, 0.3) is 0 Å². The van der Waals surface area contributed by atoms with Crippen LogP contribution in [0.15, 0.2) is 16.8 Å². The van der Waals surface area contributed by atoms with Crippen molar-refractivity contribution < 1.29 is 9.59 Å². The highest BCUT2D eigenvalue weighted by Crippen LogP contribution is 2.30. The molecule has 88 valence electrons. The van der Waals surface area contributed by atoms with Crippen LogP contribution in [0.5, 0.6) is 0 Å². The van der Waals surface area contributed by atoms with Crippen molar-refractivity contribution in [2.75, 3.05) is 6.54 Å². The molecule has 6 heteroatoms. The first-order chi connectivity index (χ1) is 8.09. The number of amides is 3. The van der Waals surface area contributed by atoms with Crippen LogP contribution in [0.1, 0.15) is 18.9 Å². The highest BCUT2D eigenvalue weighted by Gasteiger charge is 2.48. The summed E-state index contributed by atoms with van der Waals surface area (Å²) in [5, 5.41) is 14.9. The van der Waals surface area contributed by atoms with E-state index in [1.165, 1.54) is 11.3 Å². The number of imide groups is 1. The predicted molar refractivity (Wildman–Crippen MR) is 62.1 cm³/mol. The minimum atomic E-state index is -0.994. The number of nitrogens with zero attached hydrogens (tertiary/aromatic N) is 2. The van der Waals surface area contributed by atoms with Gasteiger partial charge in [-0.2, -0.15) is 16.6 Å². The SMILES string of the molecule is CC1(c2ccsc2)NC(=O)N(CCC#N)C1=O. The molecule has 5 nitrogen and oxygen atoms in total. The van der Waals surface area contributed by atoms with Crippen molar-refractivity contribution in [1.29, 1.82) is 5.26 Å². The zero-order valence-corrected chi connectivity index (χ0v) is 10.1. The lowest BCUT2D eigenvalue weighted by Crippen LogP contribution is -2.40. The first-order valence-electron chi connectivity index (χ1n) is 5.13. The van der Waals surface area contributed by atoms with E-state index in [1.807, 2.05) is 22.9 Å². The second-order valence-electron chi connectivity index (χ2n) is 3.93. The number of rotatable bonds is 3. The third kappa shape index (κ3) is 1.78. The van der Waals surface area contributed by atoms with Gasteiger partial charge in [-0.3, -0.25) is 9.69 Å². The lowest BCUT2D eigenvalue weighted by Gasteiger charge is -2.20. The summed E-state index contributed by atoms with van der Waals surface area (Å²) in [6, 6.07) is 3.31. The Hall–Kier alpha value is -1.87. The summed E-state index contributed by atoms with van der Waals surface area (Å²) >= 11 is 1.47. The van der Waals surface area contributed by atoms with Crippen molar-refractivity contribution in [2.45, 2.75) is 18.9 Å². The van der Waals surface area contributed by atoms with Gasteiger partial charge in [0.05, 0.1) is 12.5 Å². The second kappa shape index (κ2) is 4.18. The molecule has 0 aliphatic carbocycles. The zero-order chi connectivity index (χ0) is 12.5. The second-order valence-corrected chi connectivity index (χ2v) is 4.71. The summed E-state index contributed by atoms with van der Waals surface area (Å²) in [4.78, 5) is 25.0. The number of nitriles is 1. The maximum absolute atomic E-state index is 12.2. The maximum atomic E-state index is 12.2. The molecule has 2 heterocycles. The third-order valence-electron chi connectivity index (χ3n) is 2.82. The first-order valence-corrected chi connectivity index (χ1v) is 6.07. The van der Waals surface area contributed by atoms with Gasteiger partial charge in [0.2, 0.25) is 0 Å². The topological polar surface area (TPSA) is 73.2 Å². The fraction of sp³-hybridized carbons (Fsp3) is 0.364. The normalized spacial score (nSPS) is 23.6. The third-order valence-corrected chi connectivity index (χ3v) is 3.50. The van der Waals surface area contributed by atoms with Gasteiger partial charge < -0.3 is 5.32 Å². The number of carbonyl (C=O) groups excluding carboxylic acids is 2. The average Bonchev–Trinajstić information content (AvgIpc) is 2.88. The molecule has 1 saturated heterocycles. The smallest absolute Gasteiger partial charge is 0.319 e. The molecule has 1 unspecified atom stereocenters. The Kier molecular flexibility index (Phi) is 2.86. The van der Waals surface area contributed by atoms with Crippen LogP contribution in [0.3, 0.4) is 0 Å². The van der Waals surface area contributed by atoms with Crippen molar-refractivity contribution in [3.8, 4) is 6.07 Å². The van der Waals surface area contributed by atoms with E-state index >= 15 is 0 Å². The lowest BCUT2D eigenvalue weighted by molar-refractivity contribution is -0.131. The van der Waals surface area contributed by atoms with Gasteiger partial charge in [0.1, 0.15) is 5.54 Å². The largest absolute Gasteiger partial charge is 0.325 e. The molecule has 1 atom stereocenters. The van der Waals surface area contributed by atoms with E-state index in [2.05, 4.69) is 5.32 Å². The van der Waals surface area contributed by atoms with Gasteiger partial charge in [-0.15, -0.1) is 0 Å². The van der Waals surface area contributed by atoms with E-state index in [-0.39, 0.29) is 18.9 Å². The first kappa shape index (κ1) is 11.6. The Bertz CT molecular complexity index is 491. The number of urea groups is 1. The van der Waals surface area contributed by atoms with E-state index < -0.39 is 11.6 Å². The van der Waals surface area contributed by atoms with Crippen LogP contribution < -0.4 is 5.32 Å². The summed E-state index contributed by atoms with van der Waals surface area (Å²) in [5.41, 5.74) is -0.215. The molecule has 3 amide bonds. The van der Waals surface area contributed by atoms with Crippen LogP contribution in [-0.2, 0) is 10.3 Å². The molecule has 17 heavy (non-hydrogen) atoms. The Balaban J connectivity index is 2.27. The molecule has 1 aliphatic heterocycles. The van der Waals surface area contributed by atoms with Crippen molar-refractivity contribution in [2.24, 2.45) is 0 Å². The molecule has 0 radical (unpaired) electrons. The van der Waals surface area contributed by atoms with Crippen molar-refractivity contribution >= 4 is 23.3 Å². The molecule has 0 saturated carbocycles. The lowest BCUT2D eigenvalue weighted by atomic mass is 9.95. The van der Waals surface area contributed by atoms with Crippen LogP contribution in [0, 0.1) is 11.3 Å². The number of thiophene rings is 1. The van der Waals surface area contributed by atoms with Gasteiger partial charge in [-0.1, -0.05) is 0 Å². The molecule has 1 aromatic rings. The van der Waals surface area contributed by atoms with Crippen molar-refractivity contribution in [3.63, 3.8) is 0 Å². The Morgan fingerprint density at radius 2 is 2.35 bits per heavy atom. The van der Waals surface area contributed by atoms with E-state index in [0.29, 0.717) is 0 Å². The number of nitrogens with one attached hydrogen (secondary N) is 1. The molecule has 0 bridgehead atoms. The van der Waals surface area contributed by atoms with Crippen LogP contribution >= 0.6 is 11.3 Å². The Morgan fingerprint density at radius 1 is 1.59 bits per heavy atom. The zero-order valence-electron chi connectivity index (χ0n) is 9.27. The fourth-order valence-corrected chi connectivity index (χ4v) is 2.57. The van der Waals surface area contributed by atoms with E-state index in [0.717, 1.165) is 10.5 Å². The maximum Gasteiger partial charge on any atom is 0.325 e. The quantitative estimate of drug-likeness (QED) is 0.823. The molecule has 2 rings (SSSR count). The Labute approximate surface area is 103 Å². The van der Waals surface area contributed by atoms with E-state index in [1.54, 1.807) is 6.92 Å². The monoisotopic (exact) mass is 249 g/mol. The standard InChI is InChI=1S/C11H11N3O2S/c1-11(8-3-6-17-7-8)9(15)14(5-2-4-12)10(16)13-11/h3,6-7H,2,5H2,1H3,(H,13,16). The highest BCUT2D eigenvalue weighted by atomic mass is 32.1. The van der Waals surface area contributed by atoms with Crippen LogP contribution in [0.4, 0.5) is 4.79 Å². The van der Waals surface area contributed by atoms with E-state index in [4.69, 9.17) is 5.26 Å². The molecule has 1 aromatic heterocycles. The molecule has 1 N–H and O–H groups in total. The van der Waals surface area contributed by atoms with Gasteiger partial charge in [-0.25, -0.2) is 4.79 Å². The molecular weight excluding hydrogens is 238 g/mol. The van der Waals surface area contributed by atoms with Crippen molar-refractivity contribution in [1.82, 2.24) is 10.2 Å². The summed E-state index contributed by atoms with van der Waals surface area (Å²) in [6.07, 6.45) is 0.152. The molecule has 0 spiro atoms. The fourth-order valence-electron chi connectivity index (χ4n) is 1.81. The van der Waals surface area contributed by atoms with Gasteiger partial charge in [0.15, 0.2) is 0 Å². The highest BCUT2D eigenvalue weighted by molar-refractivity contribution is 7.08. The summed E-state index contributed by atoms with van der Waals surface area (Å²) in [5.74, 6) is -0.295. The van der Waals surface area contributed by atoms with Crippen LogP contribution in [0.2, 0.25) is 0 Å². The van der Waals surface area contributed by atoms with Gasteiger partial charge >= 0.3 is 6.03 Å². The number of hydrogen-bond acceptors (Lipinski definition) is 4. The number of hydrogen-bond donors (Lipinski definition) is 1. The molecular formula is C11H11N3O2S. The summed E-state index contributed by atoms with van der Waals surface area (Å²) in [6.45, 7) is 1.82. The van der Waals surface area contributed by atoms with Gasteiger partial charge in [-0.05, 0) is 29.3 Å². The summed E-state index contributed by atoms with van der Waals surface area (Å²) in [7, 11) is 0. The van der Waals surface area contributed by atoms with Crippen LogP contribution in [-0.4, -0.2) is 23.4 Å². The molecule has 1 aliphatic rings. The van der Waals surface area contributed by atoms with Gasteiger partial charge in [0.25, 0.3) is 5.91 Å². The predicted octanol–water partition coefficient (Wildman–Crippen LogP) is 1.43. The minimum Gasteiger partial charge on any atom is -0.319 e. The van der Waals surface area contributed by atoms with Gasteiger partial charge in [0, 0.05) is 6.54 Å². The summed E-state index contributed by atoms with van der Waals surface area (Å²) < 4.78 is 0. The number of carbonyl (C=O) groups is 2. The molecule has 1 fully saturated rings. The minimum absolute atomic E-state index is 0.140. The average molecular weight is 249 g/mol. The van der Waals surface area contributed by atoms with E-state index in [9.17, 15) is 9.59 Å².